The molecule has 16 heteroatoms. The van der Waals surface area contributed by atoms with Gasteiger partial charge < -0.3 is 69.6 Å². The fourth-order valence-electron chi connectivity index (χ4n) is 1.37. The van der Waals surface area contributed by atoms with E-state index in [4.69, 9.17) is 10.2 Å². The first kappa shape index (κ1) is 33.4. The van der Waals surface area contributed by atoms with Crippen molar-refractivity contribution in [3.63, 3.8) is 0 Å². The first-order valence-corrected chi connectivity index (χ1v) is 6.23. The third-order valence-corrected chi connectivity index (χ3v) is 2.51. The molecule has 158 valence electrons. The minimum atomic E-state index is -2.97. The number of rotatable bonds is 10. The summed E-state index contributed by atoms with van der Waals surface area (Å²) in [7, 11) is 0. The van der Waals surface area contributed by atoms with Crippen LogP contribution in [0.2, 0.25) is 0 Å². The summed E-state index contributed by atoms with van der Waals surface area (Å²) < 4.78 is 0. The Hall–Kier alpha value is -2.22. The first-order valence-electron chi connectivity index (χ1n) is 6.23. The normalized spacial score (nSPS) is 10.1. The summed E-state index contributed by atoms with van der Waals surface area (Å²) in [5.74, 6) is -12.0. The molecule has 0 unspecified atom stereocenters. The van der Waals surface area contributed by atoms with Crippen molar-refractivity contribution in [1.82, 2.24) is 0 Å². The Morgan fingerprint density at radius 3 is 0.714 bits per heavy atom. The van der Waals surface area contributed by atoms with Crippen LogP contribution in [0.15, 0.2) is 0 Å². The van der Waals surface area contributed by atoms with E-state index in [1.807, 2.05) is 0 Å². The molecule has 0 saturated heterocycles. The van der Waals surface area contributed by atoms with Gasteiger partial charge in [0.25, 0.3) is 0 Å². The van der Waals surface area contributed by atoms with Crippen molar-refractivity contribution in [2.45, 2.75) is 36.9 Å². The van der Waals surface area contributed by atoms with Crippen LogP contribution in [0.1, 0.15) is 25.7 Å². The molecule has 28 heavy (non-hydrogen) atoms. The molecule has 0 rings (SSSR count). The van der Waals surface area contributed by atoms with Gasteiger partial charge in [0.15, 0.2) is 0 Å². The molecule has 0 spiro atoms. The van der Waals surface area contributed by atoms with Crippen LogP contribution in [0.4, 0.5) is 0 Å². The molecular formula is C12H10Fe2O14. The fraction of sp³-hybridized carbons (Fsp3) is 0.500. The molecular weight excluding hydrogens is 480 g/mol. The standard InChI is InChI=1S/2C6H8O7.2Fe/c2*7-3(8)1-6(13,5(11)12)2-4(9)10;;/h2*13H,1-2H2,(H,7,8)(H,9,10)(H,11,12);;/q;;2*+3/p-6. The number of hydrogen-bond donors (Lipinski definition) is 2. The number of carbonyl (C=O) groups excluding carboxylic acids is 6. The molecule has 0 aliphatic rings. The van der Waals surface area contributed by atoms with Gasteiger partial charge in [-0.25, -0.2) is 0 Å². The number of aliphatic hydroxyl groups is 2. The maximum absolute atomic E-state index is 10.1. The summed E-state index contributed by atoms with van der Waals surface area (Å²) >= 11 is 0. The van der Waals surface area contributed by atoms with Gasteiger partial charge in [-0.05, 0) is 0 Å². The second-order valence-corrected chi connectivity index (χ2v) is 4.83. The van der Waals surface area contributed by atoms with Gasteiger partial charge in [-0.1, -0.05) is 0 Å². The minimum absolute atomic E-state index is 0. The maximum atomic E-state index is 10.1. The van der Waals surface area contributed by atoms with E-state index in [-0.39, 0.29) is 34.1 Å². The number of aliphatic carboxylic acids is 6. The van der Waals surface area contributed by atoms with Crippen molar-refractivity contribution in [3.05, 3.63) is 0 Å². The molecule has 2 radical (unpaired) electrons. The van der Waals surface area contributed by atoms with Crippen LogP contribution in [0, 0.1) is 0 Å². The molecule has 14 nitrogen and oxygen atoms in total. The molecule has 0 aliphatic heterocycles. The van der Waals surface area contributed by atoms with Gasteiger partial charge in [-0.2, -0.15) is 0 Å². The summed E-state index contributed by atoms with van der Waals surface area (Å²) in [6.45, 7) is 0. The zero-order chi connectivity index (χ0) is 21.3. The third kappa shape index (κ3) is 13.9. The van der Waals surface area contributed by atoms with Crippen LogP contribution in [0.25, 0.3) is 0 Å². The van der Waals surface area contributed by atoms with E-state index in [1.54, 1.807) is 0 Å². The Kier molecular flexibility index (Phi) is 16.5. The quantitative estimate of drug-likeness (QED) is 0.269. The van der Waals surface area contributed by atoms with Gasteiger partial charge in [0.1, 0.15) is 11.2 Å². The topological polar surface area (TPSA) is 281 Å². The van der Waals surface area contributed by atoms with Crippen LogP contribution in [-0.2, 0) is 62.9 Å². The molecule has 0 aromatic rings. The number of carboxylic acids is 6. The van der Waals surface area contributed by atoms with Gasteiger partial charge in [-0.15, -0.1) is 0 Å². The van der Waals surface area contributed by atoms with Crippen molar-refractivity contribution >= 4 is 35.8 Å². The third-order valence-electron chi connectivity index (χ3n) is 2.51. The molecule has 0 heterocycles. The SMILES string of the molecule is O=C([O-])CC(O)(CC(=O)[O-])C(=O)[O-].O=C([O-])CC(O)(CC(=O)[O-])C(=O)[O-].[Fe+3].[Fe+3]. The van der Waals surface area contributed by atoms with Crippen LogP contribution >= 0.6 is 0 Å². The molecule has 0 atom stereocenters. The Labute approximate surface area is 176 Å². The molecule has 0 amide bonds. The summed E-state index contributed by atoms with van der Waals surface area (Å²) in [6, 6.07) is 0. The predicted molar refractivity (Wildman–Crippen MR) is 58.4 cm³/mol. The van der Waals surface area contributed by atoms with Gasteiger partial charge in [0.2, 0.25) is 0 Å². The zero-order valence-electron chi connectivity index (χ0n) is 13.3. The van der Waals surface area contributed by atoms with Gasteiger partial charge in [-0.3, -0.25) is 0 Å². The molecule has 2 N–H and O–H groups in total. The largest absolute Gasteiger partial charge is 3.00 e. The summed E-state index contributed by atoms with van der Waals surface area (Å²) in [5.41, 5.74) is -5.95. The van der Waals surface area contributed by atoms with E-state index in [9.17, 15) is 59.4 Å². The van der Waals surface area contributed by atoms with Crippen LogP contribution < -0.4 is 30.6 Å². The number of hydrogen-bond acceptors (Lipinski definition) is 14. The van der Waals surface area contributed by atoms with E-state index in [0.717, 1.165) is 0 Å². The molecule has 0 bridgehead atoms. The van der Waals surface area contributed by atoms with Crippen LogP contribution in [0.3, 0.4) is 0 Å². The monoisotopic (exact) mass is 490 g/mol. The van der Waals surface area contributed by atoms with Crippen molar-refractivity contribution in [3.8, 4) is 0 Å². The van der Waals surface area contributed by atoms with Crippen LogP contribution in [0.5, 0.6) is 0 Å². The zero-order valence-corrected chi connectivity index (χ0v) is 15.5. The second kappa shape index (κ2) is 13.9. The van der Waals surface area contributed by atoms with E-state index in [0.29, 0.717) is 0 Å². The summed E-state index contributed by atoms with van der Waals surface area (Å²) in [5, 5.41) is 77.9. The van der Waals surface area contributed by atoms with Gasteiger partial charge >= 0.3 is 34.1 Å². The molecule has 0 aromatic heterocycles. The summed E-state index contributed by atoms with van der Waals surface area (Å²) in [6.07, 6.45) is -5.43. The Morgan fingerprint density at radius 1 is 0.500 bits per heavy atom. The summed E-state index contributed by atoms with van der Waals surface area (Å²) in [4.78, 5) is 60.0. The Bertz CT molecular complexity index is 517. The predicted octanol–water partition coefficient (Wildman–Crippen LogP) is -10.5. The van der Waals surface area contributed by atoms with E-state index >= 15 is 0 Å². The average Bonchev–Trinajstić information content (AvgIpc) is 2.34. The minimum Gasteiger partial charge on any atom is -0.550 e. The fourth-order valence-corrected chi connectivity index (χ4v) is 1.37. The molecule has 0 aliphatic carbocycles. The van der Waals surface area contributed by atoms with Gasteiger partial charge in [0, 0.05) is 49.6 Å². The molecule has 0 aromatic carbocycles. The van der Waals surface area contributed by atoms with Crippen molar-refractivity contribution in [2.24, 2.45) is 0 Å². The van der Waals surface area contributed by atoms with E-state index < -0.39 is 72.7 Å². The van der Waals surface area contributed by atoms with Crippen LogP contribution in [-0.4, -0.2) is 57.2 Å². The van der Waals surface area contributed by atoms with Crippen molar-refractivity contribution in [1.29, 1.82) is 0 Å². The molecule has 0 saturated carbocycles. The van der Waals surface area contributed by atoms with Gasteiger partial charge in [0.05, 0.1) is 11.9 Å². The van der Waals surface area contributed by atoms with E-state index in [1.165, 1.54) is 0 Å². The average molecular weight is 490 g/mol. The smallest absolute Gasteiger partial charge is 0.550 e. The first-order chi connectivity index (χ1) is 11.6. The Morgan fingerprint density at radius 2 is 0.643 bits per heavy atom. The number of carbonyl (C=O) groups is 6. The second-order valence-electron chi connectivity index (χ2n) is 4.83. The Balaban J connectivity index is -0.000000192. The van der Waals surface area contributed by atoms with E-state index in [2.05, 4.69) is 0 Å². The number of carboxylic acid groups (broad SMARTS) is 6. The maximum Gasteiger partial charge on any atom is 3.00 e. The van der Waals surface area contributed by atoms with Crippen molar-refractivity contribution in [2.75, 3.05) is 0 Å². The van der Waals surface area contributed by atoms with Crippen molar-refractivity contribution < 1.29 is 104 Å². The molecule has 0 fully saturated rings.